The molecule has 1 aromatic carbocycles. The fraction of sp³-hybridized carbons (Fsp3) is 0.500. The highest BCUT2D eigenvalue weighted by atomic mass is 35.5. The summed E-state index contributed by atoms with van der Waals surface area (Å²) in [5.41, 5.74) is 1.96. The number of aliphatic hydroxyl groups excluding tert-OH is 1. The first-order valence-corrected chi connectivity index (χ1v) is 5.66. The van der Waals surface area contributed by atoms with Crippen LogP contribution in [0.25, 0.3) is 0 Å². The van der Waals surface area contributed by atoms with Crippen LogP contribution in [-0.2, 0) is 0 Å². The average Bonchev–Trinajstić information content (AvgIpc) is 2.20. The van der Waals surface area contributed by atoms with Gasteiger partial charge in [-0.05, 0) is 43.5 Å². The van der Waals surface area contributed by atoms with Gasteiger partial charge in [-0.3, -0.25) is 0 Å². The third-order valence-electron chi connectivity index (χ3n) is 2.22. The Morgan fingerprint density at radius 1 is 1.47 bits per heavy atom. The van der Waals surface area contributed by atoms with E-state index in [0.717, 1.165) is 23.3 Å². The number of aliphatic hydroxyl groups is 1. The lowest BCUT2D eigenvalue weighted by atomic mass is 10.1. The highest BCUT2D eigenvalue weighted by Gasteiger charge is 2.04. The lowest BCUT2D eigenvalue weighted by Gasteiger charge is -2.11. The van der Waals surface area contributed by atoms with Gasteiger partial charge in [0.2, 0.25) is 0 Å². The molecule has 0 amide bonds. The second-order valence-electron chi connectivity index (χ2n) is 3.59. The molecule has 0 aromatic heterocycles. The van der Waals surface area contributed by atoms with E-state index in [1.165, 1.54) is 0 Å². The van der Waals surface area contributed by atoms with Gasteiger partial charge in [-0.15, -0.1) is 11.6 Å². The molecule has 1 N–H and O–H groups in total. The van der Waals surface area contributed by atoms with Crippen molar-refractivity contribution in [3.8, 4) is 5.75 Å². The Kier molecular flexibility index (Phi) is 4.92. The Morgan fingerprint density at radius 3 is 2.73 bits per heavy atom. The minimum atomic E-state index is -0.430. The quantitative estimate of drug-likeness (QED) is 0.620. The summed E-state index contributed by atoms with van der Waals surface area (Å²) >= 11 is 5.56. The number of halogens is 1. The average molecular weight is 229 g/mol. The third kappa shape index (κ3) is 3.73. The van der Waals surface area contributed by atoms with Crippen LogP contribution in [0.1, 0.15) is 30.6 Å². The van der Waals surface area contributed by atoms with Crippen molar-refractivity contribution in [3.05, 3.63) is 29.3 Å². The molecule has 0 aliphatic heterocycles. The molecule has 1 aromatic rings. The summed E-state index contributed by atoms with van der Waals surface area (Å²) in [4.78, 5) is 0. The van der Waals surface area contributed by atoms with Crippen LogP contribution >= 0.6 is 11.6 Å². The standard InChI is InChI=1S/C12H17ClO2/c1-9-8-11(10(2)14)4-5-12(9)15-7-3-6-13/h4-5,8,10,14H,3,6-7H2,1-2H3. The molecule has 0 aliphatic rings. The van der Waals surface area contributed by atoms with E-state index in [-0.39, 0.29) is 0 Å². The molecule has 1 atom stereocenters. The molecular weight excluding hydrogens is 212 g/mol. The summed E-state index contributed by atoms with van der Waals surface area (Å²) in [6.07, 6.45) is 0.416. The highest BCUT2D eigenvalue weighted by molar-refractivity contribution is 6.17. The molecule has 2 nitrogen and oxygen atoms in total. The van der Waals surface area contributed by atoms with Crippen LogP contribution in [-0.4, -0.2) is 17.6 Å². The van der Waals surface area contributed by atoms with Gasteiger partial charge in [0.1, 0.15) is 5.75 Å². The van der Waals surface area contributed by atoms with Crippen molar-refractivity contribution in [3.63, 3.8) is 0 Å². The van der Waals surface area contributed by atoms with Crippen LogP contribution in [0.5, 0.6) is 5.75 Å². The molecule has 0 aliphatic carbocycles. The van der Waals surface area contributed by atoms with Crippen molar-refractivity contribution < 1.29 is 9.84 Å². The molecule has 0 radical (unpaired) electrons. The molecule has 84 valence electrons. The third-order valence-corrected chi connectivity index (χ3v) is 2.48. The second-order valence-corrected chi connectivity index (χ2v) is 3.97. The van der Waals surface area contributed by atoms with Gasteiger partial charge in [0.25, 0.3) is 0 Å². The van der Waals surface area contributed by atoms with Gasteiger partial charge in [0.15, 0.2) is 0 Å². The molecule has 1 rings (SSSR count). The van der Waals surface area contributed by atoms with Crippen molar-refractivity contribution in [1.29, 1.82) is 0 Å². The zero-order valence-electron chi connectivity index (χ0n) is 9.16. The Morgan fingerprint density at radius 2 is 2.20 bits per heavy atom. The summed E-state index contributed by atoms with van der Waals surface area (Å²) in [7, 11) is 0. The number of hydrogen-bond acceptors (Lipinski definition) is 2. The number of alkyl halides is 1. The zero-order chi connectivity index (χ0) is 11.3. The van der Waals surface area contributed by atoms with E-state index in [1.807, 2.05) is 25.1 Å². The van der Waals surface area contributed by atoms with E-state index < -0.39 is 6.10 Å². The maximum absolute atomic E-state index is 9.39. The van der Waals surface area contributed by atoms with E-state index in [4.69, 9.17) is 16.3 Å². The number of hydrogen-bond donors (Lipinski definition) is 1. The molecule has 0 saturated heterocycles. The fourth-order valence-electron chi connectivity index (χ4n) is 1.33. The number of benzene rings is 1. The van der Waals surface area contributed by atoms with E-state index in [1.54, 1.807) is 6.92 Å². The molecule has 15 heavy (non-hydrogen) atoms. The Labute approximate surface area is 95.8 Å². The van der Waals surface area contributed by atoms with E-state index >= 15 is 0 Å². The second kappa shape index (κ2) is 5.99. The first-order valence-electron chi connectivity index (χ1n) is 5.12. The minimum Gasteiger partial charge on any atom is -0.493 e. The van der Waals surface area contributed by atoms with Crippen molar-refractivity contribution in [1.82, 2.24) is 0 Å². The molecule has 0 spiro atoms. The van der Waals surface area contributed by atoms with Crippen molar-refractivity contribution >= 4 is 11.6 Å². The molecule has 0 fully saturated rings. The maximum Gasteiger partial charge on any atom is 0.122 e. The summed E-state index contributed by atoms with van der Waals surface area (Å²) in [6.45, 7) is 4.36. The smallest absolute Gasteiger partial charge is 0.122 e. The van der Waals surface area contributed by atoms with Gasteiger partial charge in [-0.1, -0.05) is 6.07 Å². The van der Waals surface area contributed by atoms with E-state index in [2.05, 4.69) is 0 Å². The summed E-state index contributed by atoms with van der Waals surface area (Å²) in [5, 5.41) is 9.39. The van der Waals surface area contributed by atoms with Crippen LogP contribution in [0.2, 0.25) is 0 Å². The normalized spacial score (nSPS) is 12.5. The topological polar surface area (TPSA) is 29.5 Å². The number of aryl methyl sites for hydroxylation is 1. The van der Waals surface area contributed by atoms with Gasteiger partial charge >= 0.3 is 0 Å². The summed E-state index contributed by atoms with van der Waals surface area (Å²) in [5.74, 6) is 1.48. The Balaban J connectivity index is 2.66. The lowest BCUT2D eigenvalue weighted by molar-refractivity contribution is 0.199. The zero-order valence-corrected chi connectivity index (χ0v) is 9.92. The predicted molar refractivity (Wildman–Crippen MR) is 62.6 cm³/mol. The van der Waals surface area contributed by atoms with Gasteiger partial charge < -0.3 is 9.84 Å². The maximum atomic E-state index is 9.39. The van der Waals surface area contributed by atoms with Crippen LogP contribution in [0, 0.1) is 6.92 Å². The largest absolute Gasteiger partial charge is 0.493 e. The van der Waals surface area contributed by atoms with Crippen molar-refractivity contribution in [2.75, 3.05) is 12.5 Å². The molecule has 1 unspecified atom stereocenters. The first kappa shape index (κ1) is 12.3. The number of rotatable bonds is 5. The SMILES string of the molecule is Cc1cc(C(C)O)ccc1OCCCCl. The van der Waals surface area contributed by atoms with Crippen LogP contribution in [0.4, 0.5) is 0 Å². The van der Waals surface area contributed by atoms with Gasteiger partial charge in [0, 0.05) is 5.88 Å². The summed E-state index contributed by atoms with van der Waals surface area (Å²) < 4.78 is 5.55. The highest BCUT2D eigenvalue weighted by Crippen LogP contribution is 2.22. The predicted octanol–water partition coefficient (Wildman–Crippen LogP) is 3.06. The fourth-order valence-corrected chi connectivity index (χ4v) is 1.44. The van der Waals surface area contributed by atoms with Crippen molar-refractivity contribution in [2.45, 2.75) is 26.4 Å². The van der Waals surface area contributed by atoms with Crippen molar-refractivity contribution in [2.24, 2.45) is 0 Å². The molecule has 0 heterocycles. The van der Waals surface area contributed by atoms with E-state index in [9.17, 15) is 5.11 Å². The van der Waals surface area contributed by atoms with Crippen LogP contribution < -0.4 is 4.74 Å². The molecule has 3 heteroatoms. The molecule has 0 saturated carbocycles. The minimum absolute atomic E-state index is 0.430. The Bertz CT molecular complexity index is 310. The van der Waals surface area contributed by atoms with E-state index in [0.29, 0.717) is 12.5 Å². The first-order chi connectivity index (χ1) is 7.15. The van der Waals surface area contributed by atoms with Gasteiger partial charge in [-0.2, -0.15) is 0 Å². The monoisotopic (exact) mass is 228 g/mol. The van der Waals surface area contributed by atoms with Gasteiger partial charge in [-0.25, -0.2) is 0 Å². The molecular formula is C12H17ClO2. The number of ether oxygens (including phenoxy) is 1. The lowest BCUT2D eigenvalue weighted by Crippen LogP contribution is -2.00. The van der Waals surface area contributed by atoms with Crippen LogP contribution in [0.15, 0.2) is 18.2 Å². The molecule has 0 bridgehead atoms. The Hall–Kier alpha value is -0.730. The summed E-state index contributed by atoms with van der Waals surface area (Å²) in [6, 6.07) is 5.72. The van der Waals surface area contributed by atoms with Gasteiger partial charge in [0.05, 0.1) is 12.7 Å². The van der Waals surface area contributed by atoms with Crippen LogP contribution in [0.3, 0.4) is 0 Å².